The standard InChI is InChI=1S/C16H27N5/c1-2-20-11-6-14(7-12-20)19-15-5-3-10-21(13-15)16-17-8-4-9-18-16/h4,8-9,14-15,19H,2-3,5-7,10-13H2,1H3. The van der Waals surface area contributed by atoms with Crippen molar-refractivity contribution < 1.29 is 0 Å². The van der Waals surface area contributed by atoms with Gasteiger partial charge >= 0.3 is 0 Å². The molecule has 2 aliphatic heterocycles. The second kappa shape index (κ2) is 7.18. The van der Waals surface area contributed by atoms with Gasteiger partial charge in [0, 0.05) is 37.6 Å². The number of anilines is 1. The zero-order valence-corrected chi connectivity index (χ0v) is 13.0. The molecule has 1 N–H and O–H groups in total. The molecular formula is C16H27N5. The van der Waals surface area contributed by atoms with Crippen LogP contribution in [0.4, 0.5) is 5.95 Å². The van der Waals surface area contributed by atoms with Crippen LogP contribution in [-0.2, 0) is 0 Å². The fourth-order valence-corrected chi connectivity index (χ4v) is 3.50. The van der Waals surface area contributed by atoms with Crippen LogP contribution in [-0.4, -0.2) is 59.7 Å². The third-order valence-corrected chi connectivity index (χ3v) is 4.76. The fourth-order valence-electron chi connectivity index (χ4n) is 3.50. The van der Waals surface area contributed by atoms with E-state index in [0.29, 0.717) is 12.1 Å². The molecule has 0 aromatic carbocycles. The van der Waals surface area contributed by atoms with E-state index < -0.39 is 0 Å². The van der Waals surface area contributed by atoms with Gasteiger partial charge in [0.25, 0.3) is 0 Å². The van der Waals surface area contributed by atoms with Crippen LogP contribution < -0.4 is 10.2 Å². The number of nitrogens with zero attached hydrogens (tertiary/aromatic N) is 4. The highest BCUT2D eigenvalue weighted by atomic mass is 15.3. The van der Waals surface area contributed by atoms with Gasteiger partial charge in [-0.25, -0.2) is 9.97 Å². The summed E-state index contributed by atoms with van der Waals surface area (Å²) in [5, 5.41) is 3.88. The molecule has 0 radical (unpaired) electrons. The zero-order chi connectivity index (χ0) is 14.5. The van der Waals surface area contributed by atoms with Crippen LogP contribution >= 0.6 is 0 Å². The van der Waals surface area contributed by atoms with Gasteiger partial charge < -0.3 is 15.1 Å². The van der Waals surface area contributed by atoms with Crippen molar-refractivity contribution in [3.05, 3.63) is 18.5 Å². The van der Waals surface area contributed by atoms with E-state index in [4.69, 9.17) is 0 Å². The van der Waals surface area contributed by atoms with Gasteiger partial charge in [0.15, 0.2) is 0 Å². The van der Waals surface area contributed by atoms with E-state index in [1.165, 1.54) is 45.3 Å². The Morgan fingerprint density at radius 1 is 1.10 bits per heavy atom. The molecule has 0 saturated carbocycles. The van der Waals surface area contributed by atoms with Crippen LogP contribution in [0.3, 0.4) is 0 Å². The highest BCUT2D eigenvalue weighted by Crippen LogP contribution is 2.18. The third-order valence-electron chi connectivity index (χ3n) is 4.76. The molecule has 0 bridgehead atoms. The summed E-state index contributed by atoms with van der Waals surface area (Å²) in [5.41, 5.74) is 0. The maximum absolute atomic E-state index is 4.39. The van der Waals surface area contributed by atoms with E-state index in [9.17, 15) is 0 Å². The molecule has 3 rings (SSSR count). The predicted molar refractivity (Wildman–Crippen MR) is 85.5 cm³/mol. The summed E-state index contributed by atoms with van der Waals surface area (Å²) < 4.78 is 0. The van der Waals surface area contributed by atoms with E-state index in [1.54, 1.807) is 0 Å². The third kappa shape index (κ3) is 3.92. The van der Waals surface area contributed by atoms with Crippen LogP contribution in [0.15, 0.2) is 18.5 Å². The molecule has 0 aliphatic carbocycles. The van der Waals surface area contributed by atoms with Gasteiger partial charge in [-0.3, -0.25) is 0 Å². The van der Waals surface area contributed by atoms with Gasteiger partial charge in [-0.05, 0) is 51.4 Å². The Hall–Kier alpha value is -1.20. The molecule has 1 atom stereocenters. The Bertz CT molecular complexity index is 416. The SMILES string of the molecule is CCN1CCC(NC2CCCN(c3ncccn3)C2)CC1. The molecule has 2 saturated heterocycles. The van der Waals surface area contributed by atoms with E-state index in [0.717, 1.165) is 19.0 Å². The highest BCUT2D eigenvalue weighted by Gasteiger charge is 2.25. The Labute approximate surface area is 127 Å². The molecule has 21 heavy (non-hydrogen) atoms. The fraction of sp³-hybridized carbons (Fsp3) is 0.750. The number of aromatic nitrogens is 2. The summed E-state index contributed by atoms with van der Waals surface area (Å²) in [6, 6.07) is 3.15. The zero-order valence-electron chi connectivity index (χ0n) is 13.0. The molecule has 1 unspecified atom stereocenters. The lowest BCUT2D eigenvalue weighted by molar-refractivity contribution is 0.195. The summed E-state index contributed by atoms with van der Waals surface area (Å²) in [7, 11) is 0. The summed E-state index contributed by atoms with van der Waals surface area (Å²) >= 11 is 0. The second-order valence-electron chi connectivity index (χ2n) is 6.21. The normalized spacial score (nSPS) is 25.2. The van der Waals surface area contributed by atoms with E-state index in [2.05, 4.69) is 32.0 Å². The smallest absolute Gasteiger partial charge is 0.225 e. The Morgan fingerprint density at radius 3 is 2.57 bits per heavy atom. The van der Waals surface area contributed by atoms with Crippen molar-refractivity contribution in [3.8, 4) is 0 Å². The monoisotopic (exact) mass is 289 g/mol. The van der Waals surface area contributed by atoms with E-state index in [1.807, 2.05) is 18.5 Å². The molecule has 1 aromatic rings. The molecular weight excluding hydrogens is 262 g/mol. The van der Waals surface area contributed by atoms with Gasteiger partial charge in [0.1, 0.15) is 0 Å². The summed E-state index contributed by atoms with van der Waals surface area (Å²) in [6.45, 7) is 8.05. The molecule has 2 fully saturated rings. The average molecular weight is 289 g/mol. The van der Waals surface area contributed by atoms with Crippen molar-refractivity contribution >= 4 is 5.95 Å². The first kappa shape index (κ1) is 14.7. The predicted octanol–water partition coefficient (Wildman–Crippen LogP) is 1.52. The minimum absolute atomic E-state index is 0.584. The first-order valence-corrected chi connectivity index (χ1v) is 8.35. The van der Waals surface area contributed by atoms with Crippen LogP contribution in [0, 0.1) is 0 Å². The Balaban J connectivity index is 1.50. The molecule has 1 aromatic heterocycles. The Kier molecular flexibility index (Phi) is 5.04. The lowest BCUT2D eigenvalue weighted by Gasteiger charge is -2.38. The lowest BCUT2D eigenvalue weighted by Crippen LogP contribution is -2.52. The number of likely N-dealkylation sites (tertiary alicyclic amines) is 1. The minimum atomic E-state index is 0.584. The van der Waals surface area contributed by atoms with Crippen molar-refractivity contribution in [2.24, 2.45) is 0 Å². The van der Waals surface area contributed by atoms with Gasteiger partial charge in [0.05, 0.1) is 0 Å². The number of hydrogen-bond donors (Lipinski definition) is 1. The first-order chi connectivity index (χ1) is 10.3. The summed E-state index contributed by atoms with van der Waals surface area (Å²) in [5.74, 6) is 0.879. The number of hydrogen-bond acceptors (Lipinski definition) is 5. The number of rotatable bonds is 4. The van der Waals surface area contributed by atoms with Crippen LogP contribution in [0.2, 0.25) is 0 Å². The topological polar surface area (TPSA) is 44.3 Å². The van der Waals surface area contributed by atoms with E-state index in [-0.39, 0.29) is 0 Å². The number of piperidine rings is 2. The van der Waals surface area contributed by atoms with Crippen LogP contribution in [0.1, 0.15) is 32.6 Å². The van der Waals surface area contributed by atoms with Gasteiger partial charge in [-0.15, -0.1) is 0 Å². The first-order valence-electron chi connectivity index (χ1n) is 8.35. The van der Waals surface area contributed by atoms with E-state index >= 15 is 0 Å². The summed E-state index contributed by atoms with van der Waals surface area (Å²) in [4.78, 5) is 13.6. The maximum atomic E-state index is 4.39. The minimum Gasteiger partial charge on any atom is -0.339 e. The summed E-state index contributed by atoms with van der Waals surface area (Å²) in [6.07, 6.45) is 8.74. The number of nitrogens with one attached hydrogen (secondary N) is 1. The lowest BCUT2D eigenvalue weighted by atomic mass is 10.0. The molecule has 5 nitrogen and oxygen atoms in total. The quantitative estimate of drug-likeness (QED) is 0.910. The van der Waals surface area contributed by atoms with Gasteiger partial charge in [-0.2, -0.15) is 0 Å². The molecule has 3 heterocycles. The van der Waals surface area contributed by atoms with Gasteiger partial charge in [0.2, 0.25) is 5.95 Å². The van der Waals surface area contributed by atoms with Crippen molar-refractivity contribution in [1.82, 2.24) is 20.2 Å². The molecule has 5 heteroatoms. The van der Waals surface area contributed by atoms with Crippen molar-refractivity contribution in [1.29, 1.82) is 0 Å². The average Bonchev–Trinajstić information content (AvgIpc) is 2.57. The van der Waals surface area contributed by atoms with Crippen molar-refractivity contribution in [2.45, 2.75) is 44.7 Å². The van der Waals surface area contributed by atoms with Crippen LogP contribution in [0.25, 0.3) is 0 Å². The highest BCUT2D eigenvalue weighted by molar-refractivity contribution is 5.29. The Morgan fingerprint density at radius 2 is 1.86 bits per heavy atom. The van der Waals surface area contributed by atoms with Crippen molar-refractivity contribution in [2.75, 3.05) is 37.6 Å². The largest absolute Gasteiger partial charge is 0.339 e. The molecule has 0 spiro atoms. The van der Waals surface area contributed by atoms with Crippen LogP contribution in [0.5, 0.6) is 0 Å². The van der Waals surface area contributed by atoms with Gasteiger partial charge in [-0.1, -0.05) is 6.92 Å². The molecule has 2 aliphatic rings. The second-order valence-corrected chi connectivity index (χ2v) is 6.21. The van der Waals surface area contributed by atoms with Crippen molar-refractivity contribution in [3.63, 3.8) is 0 Å². The maximum Gasteiger partial charge on any atom is 0.225 e. The molecule has 116 valence electrons. The molecule has 0 amide bonds.